The summed E-state index contributed by atoms with van der Waals surface area (Å²) in [5, 5.41) is 11.3. The quantitative estimate of drug-likeness (QED) is 0.329. The molecule has 0 aliphatic carbocycles. The Morgan fingerprint density at radius 1 is 1.00 bits per heavy atom. The molecule has 1 saturated heterocycles. The molecule has 0 saturated carbocycles. The predicted octanol–water partition coefficient (Wildman–Crippen LogP) is 5.03. The molecule has 6 nitrogen and oxygen atoms in total. The Kier molecular flexibility index (Phi) is 6.18. The Morgan fingerprint density at radius 2 is 1.76 bits per heavy atom. The highest BCUT2D eigenvalue weighted by Crippen LogP contribution is 2.43. The molecule has 1 amide bonds. The number of benzene rings is 3. The van der Waals surface area contributed by atoms with E-state index in [1.54, 1.807) is 42.5 Å². The summed E-state index contributed by atoms with van der Waals surface area (Å²) in [5.41, 5.74) is 2.52. The maximum absolute atomic E-state index is 13.2. The van der Waals surface area contributed by atoms with Crippen molar-refractivity contribution >= 4 is 23.1 Å². The van der Waals surface area contributed by atoms with Crippen molar-refractivity contribution in [3.05, 3.63) is 95.1 Å². The van der Waals surface area contributed by atoms with Gasteiger partial charge in [-0.1, -0.05) is 36.4 Å². The number of nitrogens with zero attached hydrogens (tertiary/aromatic N) is 1. The fraction of sp³-hybridized carbons (Fsp3) is 0.185. The van der Waals surface area contributed by atoms with Crippen LogP contribution < -0.4 is 14.4 Å². The van der Waals surface area contributed by atoms with E-state index in [2.05, 4.69) is 0 Å². The van der Waals surface area contributed by atoms with E-state index in [9.17, 15) is 14.7 Å². The van der Waals surface area contributed by atoms with E-state index >= 15 is 0 Å². The van der Waals surface area contributed by atoms with Crippen LogP contribution in [0.25, 0.3) is 5.76 Å². The van der Waals surface area contributed by atoms with Crippen LogP contribution in [0.4, 0.5) is 5.69 Å². The first-order valence-corrected chi connectivity index (χ1v) is 10.7. The predicted molar refractivity (Wildman–Crippen MR) is 127 cm³/mol. The van der Waals surface area contributed by atoms with Crippen molar-refractivity contribution in [2.45, 2.75) is 19.9 Å². The number of ether oxygens (including phenoxy) is 2. The van der Waals surface area contributed by atoms with Gasteiger partial charge in [-0.3, -0.25) is 14.5 Å². The number of amides is 1. The summed E-state index contributed by atoms with van der Waals surface area (Å²) in [6, 6.07) is 20.6. The number of carbonyl (C=O) groups is 2. The number of hydrogen-bond donors (Lipinski definition) is 1. The lowest BCUT2D eigenvalue weighted by molar-refractivity contribution is -0.132. The number of ketones is 1. The van der Waals surface area contributed by atoms with Gasteiger partial charge in [0.1, 0.15) is 17.3 Å². The third-order valence-corrected chi connectivity index (χ3v) is 5.64. The highest BCUT2D eigenvalue weighted by molar-refractivity contribution is 6.51. The lowest BCUT2D eigenvalue weighted by Gasteiger charge is -2.25. The van der Waals surface area contributed by atoms with Crippen molar-refractivity contribution in [2.24, 2.45) is 0 Å². The summed E-state index contributed by atoms with van der Waals surface area (Å²) in [4.78, 5) is 27.9. The molecule has 1 aliphatic heterocycles. The van der Waals surface area contributed by atoms with Crippen LogP contribution in [0.1, 0.15) is 29.7 Å². The number of methoxy groups -OCH3 is 1. The molecule has 1 fully saturated rings. The summed E-state index contributed by atoms with van der Waals surface area (Å²) < 4.78 is 10.9. The number of aliphatic hydroxyl groups excluding tert-OH is 1. The minimum atomic E-state index is -0.787. The first-order valence-electron chi connectivity index (χ1n) is 10.7. The highest BCUT2D eigenvalue weighted by atomic mass is 16.5. The maximum Gasteiger partial charge on any atom is 0.300 e. The molecule has 0 bridgehead atoms. The van der Waals surface area contributed by atoms with Crippen molar-refractivity contribution in [3.63, 3.8) is 0 Å². The van der Waals surface area contributed by atoms with Gasteiger partial charge >= 0.3 is 0 Å². The highest BCUT2D eigenvalue weighted by Gasteiger charge is 2.47. The van der Waals surface area contributed by atoms with Gasteiger partial charge in [0.2, 0.25) is 0 Å². The van der Waals surface area contributed by atoms with Crippen LogP contribution in [0.2, 0.25) is 0 Å². The number of aliphatic hydroxyl groups is 1. The van der Waals surface area contributed by atoms with Gasteiger partial charge in [0.15, 0.2) is 0 Å². The monoisotopic (exact) mass is 443 g/mol. The lowest BCUT2D eigenvalue weighted by atomic mass is 9.94. The first kappa shape index (κ1) is 22.1. The lowest BCUT2D eigenvalue weighted by Crippen LogP contribution is -2.29. The Morgan fingerprint density at radius 3 is 2.42 bits per heavy atom. The normalized spacial score (nSPS) is 17.3. The van der Waals surface area contributed by atoms with Crippen LogP contribution in [0, 0.1) is 6.92 Å². The maximum atomic E-state index is 13.2. The molecule has 6 heteroatoms. The number of carbonyl (C=O) groups excluding carboxylic acids is 2. The van der Waals surface area contributed by atoms with Gasteiger partial charge < -0.3 is 14.6 Å². The molecular formula is C27H25NO5. The van der Waals surface area contributed by atoms with E-state index in [1.807, 2.05) is 44.2 Å². The molecule has 4 rings (SSSR count). The van der Waals surface area contributed by atoms with Gasteiger partial charge in [-0.15, -0.1) is 0 Å². The molecule has 33 heavy (non-hydrogen) atoms. The van der Waals surface area contributed by atoms with Gasteiger partial charge in [0, 0.05) is 17.3 Å². The molecule has 3 aromatic rings. The van der Waals surface area contributed by atoms with E-state index in [-0.39, 0.29) is 11.3 Å². The molecule has 0 spiro atoms. The van der Waals surface area contributed by atoms with Crippen molar-refractivity contribution in [3.8, 4) is 11.5 Å². The number of rotatable bonds is 6. The Labute approximate surface area is 192 Å². The topological polar surface area (TPSA) is 76.1 Å². The summed E-state index contributed by atoms with van der Waals surface area (Å²) in [5.74, 6) is -0.412. The second kappa shape index (κ2) is 9.20. The minimum absolute atomic E-state index is 0.0394. The summed E-state index contributed by atoms with van der Waals surface area (Å²) in [7, 11) is 1.54. The smallest absolute Gasteiger partial charge is 0.300 e. The second-order valence-corrected chi connectivity index (χ2v) is 7.69. The van der Waals surface area contributed by atoms with Gasteiger partial charge in [0.25, 0.3) is 11.7 Å². The number of Topliss-reactive ketones (excluding diaryl/α,β-unsaturated/α-hetero) is 1. The number of anilines is 1. The van der Waals surface area contributed by atoms with Crippen molar-refractivity contribution < 1.29 is 24.2 Å². The van der Waals surface area contributed by atoms with Crippen molar-refractivity contribution in [1.29, 1.82) is 0 Å². The van der Waals surface area contributed by atoms with Gasteiger partial charge in [-0.25, -0.2) is 0 Å². The van der Waals surface area contributed by atoms with Crippen LogP contribution in [0.3, 0.4) is 0 Å². The standard InChI is InChI=1S/C27H25NO5/c1-4-33-22-14-13-19(15-17(22)2)25(29)23-24(18-9-6-5-7-10-18)28(27(31)26(23)30)20-11-8-12-21(16-20)32-3/h5-16,24,29H,4H2,1-3H3/b25-23+. The molecule has 1 atom stereocenters. The molecule has 1 unspecified atom stereocenters. The molecule has 0 radical (unpaired) electrons. The van der Waals surface area contributed by atoms with Crippen LogP contribution in [0.5, 0.6) is 11.5 Å². The van der Waals surface area contributed by atoms with Crippen LogP contribution >= 0.6 is 0 Å². The van der Waals surface area contributed by atoms with Gasteiger partial charge in [-0.05, 0) is 55.3 Å². The zero-order valence-electron chi connectivity index (χ0n) is 18.7. The first-order chi connectivity index (χ1) is 16.0. The number of aryl methyl sites for hydroxylation is 1. The SMILES string of the molecule is CCOc1ccc(/C(O)=C2\C(=O)C(=O)N(c3cccc(OC)c3)C2c2ccccc2)cc1C. The molecule has 3 aromatic carbocycles. The Bertz CT molecular complexity index is 1230. The average molecular weight is 443 g/mol. The Balaban J connectivity index is 1.90. The van der Waals surface area contributed by atoms with Crippen LogP contribution in [-0.4, -0.2) is 30.5 Å². The largest absolute Gasteiger partial charge is 0.507 e. The van der Waals surface area contributed by atoms with E-state index in [0.717, 1.165) is 5.56 Å². The van der Waals surface area contributed by atoms with Crippen LogP contribution in [-0.2, 0) is 9.59 Å². The van der Waals surface area contributed by atoms with E-state index in [4.69, 9.17) is 9.47 Å². The third-order valence-electron chi connectivity index (χ3n) is 5.64. The zero-order chi connectivity index (χ0) is 23.5. The average Bonchev–Trinajstić information content (AvgIpc) is 3.11. The molecule has 168 valence electrons. The summed E-state index contributed by atoms with van der Waals surface area (Å²) in [6.07, 6.45) is 0. The van der Waals surface area contributed by atoms with E-state index in [0.29, 0.717) is 34.9 Å². The van der Waals surface area contributed by atoms with E-state index in [1.165, 1.54) is 12.0 Å². The second-order valence-electron chi connectivity index (χ2n) is 7.69. The molecular weight excluding hydrogens is 418 g/mol. The van der Waals surface area contributed by atoms with Crippen molar-refractivity contribution in [2.75, 3.05) is 18.6 Å². The molecule has 1 aliphatic rings. The third kappa shape index (κ3) is 4.07. The molecule has 1 N–H and O–H groups in total. The minimum Gasteiger partial charge on any atom is -0.507 e. The number of hydrogen-bond acceptors (Lipinski definition) is 5. The molecule has 0 aromatic heterocycles. The molecule has 1 heterocycles. The van der Waals surface area contributed by atoms with Gasteiger partial charge in [0.05, 0.1) is 25.3 Å². The van der Waals surface area contributed by atoms with Crippen molar-refractivity contribution in [1.82, 2.24) is 0 Å². The van der Waals surface area contributed by atoms with E-state index < -0.39 is 17.7 Å². The zero-order valence-corrected chi connectivity index (χ0v) is 18.7. The Hall–Kier alpha value is -4.06. The van der Waals surface area contributed by atoms with Gasteiger partial charge in [-0.2, -0.15) is 0 Å². The fourth-order valence-electron chi connectivity index (χ4n) is 4.08. The fourth-order valence-corrected chi connectivity index (χ4v) is 4.08. The van der Waals surface area contributed by atoms with Crippen LogP contribution in [0.15, 0.2) is 78.4 Å². The summed E-state index contributed by atoms with van der Waals surface area (Å²) >= 11 is 0. The summed E-state index contributed by atoms with van der Waals surface area (Å²) in [6.45, 7) is 4.28.